The van der Waals surface area contributed by atoms with Gasteiger partial charge in [0.05, 0.1) is 30.2 Å². The van der Waals surface area contributed by atoms with Crippen molar-refractivity contribution in [3.63, 3.8) is 0 Å². The van der Waals surface area contributed by atoms with Crippen LogP contribution in [0.5, 0.6) is 0 Å². The number of fused-ring (bicyclic) bond motifs is 1. The largest absolute Gasteiger partial charge is 0.481 e. The maximum atomic E-state index is 14.9. The molecular formula is C24H20FNO3. The molecule has 2 atom stereocenters. The summed E-state index contributed by atoms with van der Waals surface area (Å²) < 4.78 is 20.9. The van der Waals surface area contributed by atoms with E-state index in [0.717, 1.165) is 16.5 Å². The number of rotatable bonds is 6. The molecule has 4 rings (SSSR count). The molecule has 1 aliphatic rings. The molecule has 0 fully saturated rings. The van der Waals surface area contributed by atoms with Gasteiger partial charge in [-0.1, -0.05) is 66.7 Å². The molecule has 0 bridgehead atoms. The molecule has 146 valence electrons. The van der Waals surface area contributed by atoms with E-state index in [-0.39, 0.29) is 13.0 Å². The lowest BCUT2D eigenvalue weighted by Crippen LogP contribution is -2.33. The van der Waals surface area contributed by atoms with Gasteiger partial charge in [0.25, 0.3) is 0 Å². The van der Waals surface area contributed by atoms with Crippen molar-refractivity contribution in [3.8, 4) is 0 Å². The Morgan fingerprint density at radius 1 is 1.07 bits per heavy atom. The third-order valence-electron chi connectivity index (χ3n) is 4.98. The number of allylic oxidation sites excluding steroid dienone is 2. The van der Waals surface area contributed by atoms with Crippen molar-refractivity contribution >= 4 is 16.9 Å². The molecular weight excluding hydrogens is 369 g/mol. The first-order chi connectivity index (χ1) is 14.0. The number of aromatic nitrogens is 1. The number of carbonyl (C=O) groups is 1. The molecule has 29 heavy (non-hydrogen) atoms. The molecule has 0 radical (unpaired) electrons. The summed E-state index contributed by atoms with van der Waals surface area (Å²) in [4.78, 5) is 16.0. The molecule has 2 aromatic carbocycles. The molecule has 1 aliphatic carbocycles. The number of carboxylic acid groups (broad SMARTS) is 1. The first-order valence-corrected chi connectivity index (χ1v) is 9.38. The number of benzene rings is 2. The predicted molar refractivity (Wildman–Crippen MR) is 109 cm³/mol. The van der Waals surface area contributed by atoms with E-state index in [1.165, 1.54) is 6.08 Å². The molecule has 2 unspecified atom stereocenters. The quantitative estimate of drug-likeness (QED) is 0.591. The first-order valence-electron chi connectivity index (χ1n) is 9.38. The Balaban J connectivity index is 1.58. The number of aliphatic carboxylic acids is 1. The lowest BCUT2D eigenvalue weighted by Gasteiger charge is -2.31. The van der Waals surface area contributed by atoms with Gasteiger partial charge in [-0.3, -0.25) is 9.78 Å². The summed E-state index contributed by atoms with van der Waals surface area (Å²) in [6.45, 7) is 0.0717. The predicted octanol–water partition coefficient (Wildman–Crippen LogP) is 5.17. The summed E-state index contributed by atoms with van der Waals surface area (Å²) in [6, 6.07) is 20.7. The van der Waals surface area contributed by atoms with Gasteiger partial charge in [-0.05, 0) is 23.8 Å². The fourth-order valence-electron chi connectivity index (χ4n) is 3.54. The first kappa shape index (κ1) is 19.0. The second-order valence-corrected chi connectivity index (χ2v) is 7.09. The van der Waals surface area contributed by atoms with Gasteiger partial charge < -0.3 is 9.84 Å². The summed E-state index contributed by atoms with van der Waals surface area (Å²) in [7, 11) is 0. The van der Waals surface area contributed by atoms with Crippen molar-refractivity contribution in [3.05, 3.63) is 102 Å². The lowest BCUT2D eigenvalue weighted by molar-refractivity contribution is -0.141. The highest BCUT2D eigenvalue weighted by atomic mass is 19.1. The van der Waals surface area contributed by atoms with Crippen LogP contribution in [0.3, 0.4) is 0 Å². The van der Waals surface area contributed by atoms with Crippen molar-refractivity contribution in [2.75, 3.05) is 0 Å². The maximum absolute atomic E-state index is 14.9. The van der Waals surface area contributed by atoms with Crippen LogP contribution < -0.4 is 0 Å². The van der Waals surface area contributed by atoms with Crippen LogP contribution in [0.2, 0.25) is 0 Å². The van der Waals surface area contributed by atoms with Crippen LogP contribution in [0, 0.1) is 0 Å². The average molecular weight is 389 g/mol. The monoisotopic (exact) mass is 389 g/mol. The Kier molecular flexibility index (Phi) is 5.23. The van der Waals surface area contributed by atoms with Crippen molar-refractivity contribution in [2.45, 2.75) is 24.5 Å². The van der Waals surface area contributed by atoms with Crippen molar-refractivity contribution in [1.82, 2.24) is 4.98 Å². The van der Waals surface area contributed by atoms with Gasteiger partial charge in [0.2, 0.25) is 0 Å². The summed E-state index contributed by atoms with van der Waals surface area (Å²) in [5.74, 6) is -2.03. The average Bonchev–Trinajstić information content (AvgIpc) is 2.72. The second kappa shape index (κ2) is 7.97. The highest BCUT2D eigenvalue weighted by Gasteiger charge is 2.35. The molecule has 0 saturated carbocycles. The summed E-state index contributed by atoms with van der Waals surface area (Å²) in [5.41, 5.74) is 0.929. The molecule has 0 amide bonds. The van der Waals surface area contributed by atoms with E-state index >= 15 is 0 Å². The Hall–Kier alpha value is -3.31. The summed E-state index contributed by atoms with van der Waals surface area (Å²) in [6.07, 6.45) is 4.22. The number of para-hydroxylation sites is 1. The zero-order chi connectivity index (χ0) is 20.3. The minimum Gasteiger partial charge on any atom is -0.481 e. The van der Waals surface area contributed by atoms with Crippen LogP contribution in [0.4, 0.5) is 4.39 Å². The van der Waals surface area contributed by atoms with Crippen molar-refractivity contribution in [1.29, 1.82) is 0 Å². The molecule has 0 aliphatic heterocycles. The molecule has 4 nitrogen and oxygen atoms in total. The van der Waals surface area contributed by atoms with E-state index in [4.69, 9.17) is 4.74 Å². The highest BCUT2D eigenvalue weighted by molar-refractivity contribution is 5.78. The fourth-order valence-corrected chi connectivity index (χ4v) is 3.54. The fraction of sp³-hybridized carbons (Fsp3) is 0.167. The minimum atomic E-state index is -1.35. The van der Waals surface area contributed by atoms with E-state index in [1.54, 1.807) is 12.2 Å². The summed E-state index contributed by atoms with van der Waals surface area (Å²) in [5, 5.41) is 10.4. The number of hydrogen-bond acceptors (Lipinski definition) is 3. The minimum absolute atomic E-state index is 0.0717. The Bertz CT molecular complexity index is 1090. The number of hydrogen-bond donors (Lipinski definition) is 1. The van der Waals surface area contributed by atoms with Crippen molar-refractivity contribution in [2.24, 2.45) is 0 Å². The van der Waals surface area contributed by atoms with E-state index in [1.807, 2.05) is 66.7 Å². The maximum Gasteiger partial charge on any atom is 0.306 e. The van der Waals surface area contributed by atoms with Gasteiger partial charge in [0.1, 0.15) is 11.4 Å². The van der Waals surface area contributed by atoms with Crippen molar-refractivity contribution < 1.29 is 19.0 Å². The molecule has 1 aromatic heterocycles. The van der Waals surface area contributed by atoms with Gasteiger partial charge in [-0.25, -0.2) is 4.39 Å². The molecule has 1 heterocycles. The Labute approximate surface area is 168 Å². The van der Waals surface area contributed by atoms with Gasteiger partial charge in [-0.2, -0.15) is 0 Å². The van der Waals surface area contributed by atoms with Crippen LogP contribution >= 0.6 is 0 Å². The third-order valence-corrected chi connectivity index (χ3v) is 4.98. The second-order valence-electron chi connectivity index (χ2n) is 7.09. The topological polar surface area (TPSA) is 59.4 Å². The van der Waals surface area contributed by atoms with Crippen LogP contribution in [0.25, 0.3) is 10.9 Å². The van der Waals surface area contributed by atoms with Gasteiger partial charge in [0.15, 0.2) is 0 Å². The molecule has 0 spiro atoms. The van der Waals surface area contributed by atoms with E-state index in [0.29, 0.717) is 5.69 Å². The zero-order valence-corrected chi connectivity index (χ0v) is 15.7. The van der Waals surface area contributed by atoms with Gasteiger partial charge in [-0.15, -0.1) is 0 Å². The van der Waals surface area contributed by atoms with Gasteiger partial charge in [0, 0.05) is 5.39 Å². The van der Waals surface area contributed by atoms with E-state index < -0.39 is 23.3 Å². The Morgan fingerprint density at radius 3 is 2.59 bits per heavy atom. The molecule has 0 saturated heterocycles. The van der Waals surface area contributed by atoms with E-state index in [9.17, 15) is 14.3 Å². The van der Waals surface area contributed by atoms with Crippen LogP contribution in [0.1, 0.15) is 23.6 Å². The number of carboxylic acids is 1. The van der Waals surface area contributed by atoms with E-state index in [2.05, 4.69) is 4.98 Å². The number of pyridine rings is 1. The Morgan fingerprint density at radius 2 is 1.83 bits per heavy atom. The third kappa shape index (κ3) is 4.25. The molecule has 3 aromatic rings. The number of ether oxygens (including phenoxy) is 1. The molecule has 1 N–H and O–H groups in total. The van der Waals surface area contributed by atoms with Crippen LogP contribution in [-0.4, -0.2) is 21.7 Å². The smallest absolute Gasteiger partial charge is 0.306 e. The summed E-state index contributed by atoms with van der Waals surface area (Å²) >= 11 is 0. The van der Waals surface area contributed by atoms with Crippen LogP contribution in [0.15, 0.2) is 90.8 Å². The zero-order valence-electron chi connectivity index (χ0n) is 15.7. The normalized spacial score (nSPS) is 21.1. The van der Waals surface area contributed by atoms with Crippen LogP contribution in [-0.2, 0) is 16.1 Å². The standard InChI is InChI=1S/C24H20FNO3/c25-21-14-24(15-23(27)28,13-12-20(21)17-6-2-1-3-7-17)29-16-19-11-10-18-8-4-5-9-22(18)26-19/h1-14,20H,15-16H2,(H,27,28). The lowest BCUT2D eigenvalue weighted by atomic mass is 9.85. The SMILES string of the molecule is O=C(O)CC1(OCc2ccc3ccccc3n2)C=CC(c2ccccc2)C(F)=C1. The molecule has 5 heteroatoms. The highest BCUT2D eigenvalue weighted by Crippen LogP contribution is 2.37. The van der Waals surface area contributed by atoms with Gasteiger partial charge >= 0.3 is 5.97 Å². The number of nitrogens with zero attached hydrogens (tertiary/aromatic N) is 1. The number of halogens is 1.